The van der Waals surface area contributed by atoms with Gasteiger partial charge in [0.1, 0.15) is 5.54 Å². The molecule has 4 nitrogen and oxygen atoms in total. The first kappa shape index (κ1) is 14.5. The van der Waals surface area contributed by atoms with Crippen molar-refractivity contribution in [3.05, 3.63) is 0 Å². The molecule has 4 heteroatoms. The summed E-state index contributed by atoms with van der Waals surface area (Å²) in [6.45, 7) is 5.47. The van der Waals surface area contributed by atoms with E-state index in [9.17, 15) is 9.90 Å². The van der Waals surface area contributed by atoms with Gasteiger partial charge in [-0.15, -0.1) is 0 Å². The van der Waals surface area contributed by atoms with E-state index in [4.69, 9.17) is 4.74 Å². The number of hydrogen-bond donors (Lipinski definition) is 2. The van der Waals surface area contributed by atoms with Crippen molar-refractivity contribution in [2.75, 3.05) is 20.3 Å². The average Bonchev–Trinajstić information content (AvgIpc) is 2.28. The summed E-state index contributed by atoms with van der Waals surface area (Å²) in [5.74, 6) is -0.164. The van der Waals surface area contributed by atoms with Crippen molar-refractivity contribution in [3.8, 4) is 0 Å². The van der Waals surface area contributed by atoms with E-state index in [1.807, 2.05) is 6.92 Å². The predicted octanol–water partition coefficient (Wildman–Crippen LogP) is 1.89. The van der Waals surface area contributed by atoms with Crippen LogP contribution in [0, 0.1) is 11.8 Å². The first-order chi connectivity index (χ1) is 8.03. The van der Waals surface area contributed by atoms with Crippen molar-refractivity contribution >= 4 is 5.97 Å². The molecule has 3 unspecified atom stereocenters. The molecular formula is C13H25NO3. The predicted molar refractivity (Wildman–Crippen MR) is 67.0 cm³/mol. The number of carbonyl (C=O) groups is 1. The minimum absolute atomic E-state index is 0.198. The molecule has 0 aromatic rings. The fourth-order valence-electron chi connectivity index (χ4n) is 2.70. The second-order valence-electron chi connectivity index (χ2n) is 5.36. The van der Waals surface area contributed by atoms with Crippen LogP contribution in [-0.4, -0.2) is 36.9 Å². The normalized spacial score (nSPS) is 31.1. The molecule has 0 bridgehead atoms. The molecule has 0 aromatic heterocycles. The van der Waals surface area contributed by atoms with Crippen LogP contribution < -0.4 is 5.32 Å². The molecule has 0 radical (unpaired) electrons. The van der Waals surface area contributed by atoms with Gasteiger partial charge >= 0.3 is 5.97 Å². The molecule has 1 saturated carbocycles. The highest BCUT2D eigenvalue weighted by Gasteiger charge is 2.44. The summed E-state index contributed by atoms with van der Waals surface area (Å²) in [7, 11) is 1.67. The minimum atomic E-state index is -0.722. The number of carboxylic acid groups (broad SMARTS) is 1. The Balaban J connectivity index is 2.62. The summed E-state index contributed by atoms with van der Waals surface area (Å²) in [6.07, 6.45) is 3.88. The maximum atomic E-state index is 11.6. The number of nitrogens with one attached hydrogen (secondary N) is 1. The van der Waals surface area contributed by atoms with Crippen LogP contribution in [0.15, 0.2) is 0 Å². The SMILES string of the molecule is COCC(C)CNC1(C(=O)O)CCCCC1C. The van der Waals surface area contributed by atoms with E-state index in [1.54, 1.807) is 7.11 Å². The largest absolute Gasteiger partial charge is 0.480 e. The van der Waals surface area contributed by atoms with E-state index in [2.05, 4.69) is 12.2 Å². The van der Waals surface area contributed by atoms with Crippen LogP contribution in [0.2, 0.25) is 0 Å². The molecule has 1 rings (SSSR count). The summed E-state index contributed by atoms with van der Waals surface area (Å²) in [6, 6.07) is 0. The quantitative estimate of drug-likeness (QED) is 0.748. The van der Waals surface area contributed by atoms with Gasteiger partial charge in [0.05, 0.1) is 0 Å². The van der Waals surface area contributed by atoms with E-state index in [1.165, 1.54) is 0 Å². The molecule has 1 aliphatic rings. The average molecular weight is 243 g/mol. The molecule has 3 atom stereocenters. The molecule has 0 amide bonds. The zero-order valence-electron chi connectivity index (χ0n) is 11.2. The van der Waals surface area contributed by atoms with Crippen molar-refractivity contribution < 1.29 is 14.6 Å². The summed E-state index contributed by atoms with van der Waals surface area (Å²) in [4.78, 5) is 11.6. The summed E-state index contributed by atoms with van der Waals surface area (Å²) in [5, 5.41) is 12.8. The third-order valence-corrected chi connectivity index (χ3v) is 3.90. The van der Waals surface area contributed by atoms with Gasteiger partial charge in [0.2, 0.25) is 0 Å². The van der Waals surface area contributed by atoms with Crippen LogP contribution in [0.3, 0.4) is 0 Å². The number of carboxylic acids is 1. The lowest BCUT2D eigenvalue weighted by Gasteiger charge is -2.40. The Bertz CT molecular complexity index is 257. The number of rotatable bonds is 6. The van der Waals surface area contributed by atoms with E-state index >= 15 is 0 Å². The highest BCUT2D eigenvalue weighted by atomic mass is 16.5. The Hall–Kier alpha value is -0.610. The van der Waals surface area contributed by atoms with E-state index in [-0.39, 0.29) is 5.92 Å². The van der Waals surface area contributed by atoms with Crippen molar-refractivity contribution in [3.63, 3.8) is 0 Å². The Labute approximate surface area is 104 Å². The fraction of sp³-hybridized carbons (Fsp3) is 0.923. The van der Waals surface area contributed by atoms with Crippen molar-refractivity contribution in [2.45, 2.75) is 45.1 Å². The van der Waals surface area contributed by atoms with Gasteiger partial charge in [-0.25, -0.2) is 0 Å². The Morgan fingerprint density at radius 2 is 2.29 bits per heavy atom. The molecule has 2 N–H and O–H groups in total. The first-order valence-corrected chi connectivity index (χ1v) is 6.50. The molecule has 0 saturated heterocycles. The lowest BCUT2D eigenvalue weighted by molar-refractivity contribution is -0.149. The van der Waals surface area contributed by atoms with Crippen molar-refractivity contribution in [2.24, 2.45) is 11.8 Å². The summed E-state index contributed by atoms with van der Waals surface area (Å²) in [5.41, 5.74) is -0.722. The Morgan fingerprint density at radius 3 is 2.82 bits per heavy atom. The van der Waals surface area contributed by atoms with Gasteiger partial charge in [-0.2, -0.15) is 0 Å². The molecule has 100 valence electrons. The zero-order chi connectivity index (χ0) is 12.9. The molecule has 0 aliphatic heterocycles. The number of methoxy groups -OCH3 is 1. The van der Waals surface area contributed by atoms with Gasteiger partial charge in [0.25, 0.3) is 0 Å². The van der Waals surface area contributed by atoms with Crippen LogP contribution in [0.25, 0.3) is 0 Å². The standard InChI is InChI=1S/C13H25NO3/c1-10(9-17-3)8-14-13(12(15)16)7-5-4-6-11(13)2/h10-11,14H,4-9H2,1-3H3,(H,15,16). The Kier molecular flexibility index (Phi) is 5.40. The second kappa shape index (κ2) is 6.36. The number of ether oxygens (including phenoxy) is 1. The maximum Gasteiger partial charge on any atom is 0.324 e. The highest BCUT2D eigenvalue weighted by molar-refractivity contribution is 5.79. The molecule has 17 heavy (non-hydrogen) atoms. The van der Waals surface area contributed by atoms with Gasteiger partial charge in [0, 0.05) is 20.3 Å². The minimum Gasteiger partial charge on any atom is -0.480 e. The van der Waals surface area contributed by atoms with Gasteiger partial charge < -0.3 is 15.2 Å². The fourth-order valence-corrected chi connectivity index (χ4v) is 2.70. The third-order valence-electron chi connectivity index (χ3n) is 3.90. The topological polar surface area (TPSA) is 58.6 Å². The third kappa shape index (κ3) is 3.42. The van der Waals surface area contributed by atoms with Crippen LogP contribution in [-0.2, 0) is 9.53 Å². The molecular weight excluding hydrogens is 218 g/mol. The van der Waals surface area contributed by atoms with Gasteiger partial charge in [0.15, 0.2) is 0 Å². The van der Waals surface area contributed by atoms with Gasteiger partial charge in [-0.1, -0.05) is 26.7 Å². The zero-order valence-corrected chi connectivity index (χ0v) is 11.2. The van der Waals surface area contributed by atoms with Crippen molar-refractivity contribution in [1.29, 1.82) is 0 Å². The molecule has 0 heterocycles. The summed E-state index contributed by atoms with van der Waals surface area (Å²) < 4.78 is 5.08. The van der Waals surface area contributed by atoms with Gasteiger partial charge in [-0.05, 0) is 24.7 Å². The molecule has 0 spiro atoms. The van der Waals surface area contributed by atoms with E-state index in [0.29, 0.717) is 19.1 Å². The lowest BCUT2D eigenvalue weighted by atomic mass is 9.73. The van der Waals surface area contributed by atoms with Crippen LogP contribution >= 0.6 is 0 Å². The molecule has 0 aromatic carbocycles. The number of hydrogen-bond acceptors (Lipinski definition) is 3. The van der Waals surface area contributed by atoms with Gasteiger partial charge in [-0.3, -0.25) is 4.79 Å². The summed E-state index contributed by atoms with van der Waals surface area (Å²) >= 11 is 0. The first-order valence-electron chi connectivity index (χ1n) is 6.50. The Morgan fingerprint density at radius 1 is 1.59 bits per heavy atom. The maximum absolute atomic E-state index is 11.6. The van der Waals surface area contributed by atoms with E-state index < -0.39 is 11.5 Å². The van der Waals surface area contributed by atoms with Crippen LogP contribution in [0.4, 0.5) is 0 Å². The lowest BCUT2D eigenvalue weighted by Crippen LogP contribution is -2.59. The smallest absolute Gasteiger partial charge is 0.324 e. The molecule has 1 fully saturated rings. The van der Waals surface area contributed by atoms with Crippen LogP contribution in [0.1, 0.15) is 39.5 Å². The van der Waals surface area contributed by atoms with Crippen molar-refractivity contribution in [1.82, 2.24) is 5.32 Å². The molecule has 1 aliphatic carbocycles. The monoisotopic (exact) mass is 243 g/mol. The highest BCUT2D eigenvalue weighted by Crippen LogP contribution is 2.34. The second-order valence-corrected chi connectivity index (χ2v) is 5.36. The van der Waals surface area contributed by atoms with Crippen LogP contribution in [0.5, 0.6) is 0 Å². The van der Waals surface area contributed by atoms with E-state index in [0.717, 1.165) is 25.7 Å². The number of aliphatic carboxylic acids is 1.